The van der Waals surface area contributed by atoms with Crippen molar-refractivity contribution in [3.05, 3.63) is 47.0 Å². The van der Waals surface area contributed by atoms with Crippen molar-refractivity contribution >= 4 is 38.5 Å². The second-order valence-electron chi connectivity index (χ2n) is 2.19. The predicted molar refractivity (Wildman–Crippen MR) is 61.1 cm³/mol. The maximum Gasteiger partial charge on any atom is 0.0536 e. The van der Waals surface area contributed by atoms with Gasteiger partial charge in [0.2, 0.25) is 0 Å². The molecule has 1 aromatic carbocycles. The molecule has 11 heavy (non-hydrogen) atoms. The Hall–Kier alpha value is 0.170. The van der Waals surface area contributed by atoms with Crippen LogP contribution in [-0.2, 0) is 0 Å². The summed E-state index contributed by atoms with van der Waals surface area (Å²) in [5.74, 6) is 0. The van der Waals surface area contributed by atoms with Crippen LogP contribution < -0.4 is 0 Å². The van der Waals surface area contributed by atoms with Gasteiger partial charge in [-0.3, -0.25) is 0 Å². The number of allylic oxidation sites excluding steroid dienone is 1. The molecule has 1 rings (SSSR count). The van der Waals surface area contributed by atoms with Crippen LogP contribution in [-0.4, -0.2) is 0 Å². The number of rotatable bonds is 2. The highest BCUT2D eigenvalue weighted by molar-refractivity contribution is 14.1. The molecule has 0 fully saturated rings. The lowest BCUT2D eigenvalue weighted by molar-refractivity contribution is 1.28. The molecule has 0 aromatic heterocycles. The van der Waals surface area contributed by atoms with E-state index in [2.05, 4.69) is 57.2 Å². The quantitative estimate of drug-likeness (QED) is 0.436. The molecular formula is C9H8BrI. The van der Waals surface area contributed by atoms with Gasteiger partial charge in [-0.2, -0.15) is 0 Å². The van der Waals surface area contributed by atoms with E-state index in [1.807, 2.05) is 18.2 Å². The highest BCUT2D eigenvalue weighted by atomic mass is 127. The van der Waals surface area contributed by atoms with Crippen molar-refractivity contribution in [1.29, 1.82) is 0 Å². The second kappa shape index (κ2) is 4.26. The maximum absolute atomic E-state index is 3.74. The Balaban J connectivity index is 2.89. The second-order valence-corrected chi connectivity index (χ2v) is 4.45. The van der Waals surface area contributed by atoms with E-state index in [1.54, 1.807) is 0 Å². The van der Waals surface area contributed by atoms with E-state index >= 15 is 0 Å². The van der Waals surface area contributed by atoms with Gasteiger partial charge < -0.3 is 0 Å². The summed E-state index contributed by atoms with van der Waals surface area (Å²) >= 11 is 5.74. The zero-order valence-corrected chi connectivity index (χ0v) is 9.67. The number of alkyl halides is 1. The van der Waals surface area contributed by atoms with E-state index < -0.39 is 0 Å². The van der Waals surface area contributed by atoms with Gasteiger partial charge in [0.25, 0.3) is 0 Å². The van der Waals surface area contributed by atoms with Crippen molar-refractivity contribution in [3.8, 4) is 0 Å². The van der Waals surface area contributed by atoms with Crippen LogP contribution in [0.4, 0.5) is 0 Å². The van der Waals surface area contributed by atoms with Crippen molar-refractivity contribution in [1.82, 2.24) is 0 Å². The van der Waals surface area contributed by atoms with E-state index in [9.17, 15) is 0 Å². The fourth-order valence-corrected chi connectivity index (χ4v) is 1.46. The number of hydrogen-bond acceptors (Lipinski definition) is 0. The van der Waals surface area contributed by atoms with Crippen molar-refractivity contribution in [2.45, 2.75) is 3.92 Å². The first-order valence-electron chi connectivity index (χ1n) is 3.26. The third kappa shape index (κ3) is 2.60. The molecule has 2 heteroatoms. The summed E-state index contributed by atoms with van der Waals surface area (Å²) in [5.41, 5.74) is 1.30. The smallest absolute Gasteiger partial charge is 0.0536 e. The molecule has 0 spiro atoms. The number of hydrogen-bond donors (Lipinski definition) is 0. The lowest BCUT2D eigenvalue weighted by atomic mass is 10.2. The Kier molecular flexibility index (Phi) is 3.59. The minimum Gasteiger partial charge on any atom is -0.102 e. The summed E-state index contributed by atoms with van der Waals surface area (Å²) in [6.45, 7) is 3.74. The molecule has 0 heterocycles. The van der Waals surface area contributed by atoms with Crippen LogP contribution in [0.5, 0.6) is 0 Å². The van der Waals surface area contributed by atoms with Gasteiger partial charge in [0.15, 0.2) is 0 Å². The SMILES string of the molecule is C=CC(I)c1ccc(Br)cc1. The highest BCUT2D eigenvalue weighted by Gasteiger charge is 2.00. The Morgan fingerprint density at radius 1 is 1.36 bits per heavy atom. The van der Waals surface area contributed by atoms with Gasteiger partial charge in [0, 0.05) is 4.47 Å². The normalized spacial score (nSPS) is 12.5. The van der Waals surface area contributed by atoms with Crippen LogP contribution in [0.3, 0.4) is 0 Å². The van der Waals surface area contributed by atoms with Crippen molar-refractivity contribution in [3.63, 3.8) is 0 Å². The maximum atomic E-state index is 3.74. The van der Waals surface area contributed by atoms with Gasteiger partial charge in [-0.25, -0.2) is 0 Å². The zero-order valence-electron chi connectivity index (χ0n) is 5.93. The fraction of sp³-hybridized carbons (Fsp3) is 0.111. The zero-order chi connectivity index (χ0) is 8.27. The topological polar surface area (TPSA) is 0 Å². The van der Waals surface area contributed by atoms with Crippen molar-refractivity contribution < 1.29 is 0 Å². The molecule has 0 aliphatic rings. The van der Waals surface area contributed by atoms with Crippen LogP contribution in [0.25, 0.3) is 0 Å². The van der Waals surface area contributed by atoms with Gasteiger partial charge in [0.1, 0.15) is 0 Å². The molecule has 0 aliphatic carbocycles. The van der Waals surface area contributed by atoms with Crippen LogP contribution in [0.15, 0.2) is 41.4 Å². The van der Waals surface area contributed by atoms with E-state index in [4.69, 9.17) is 0 Å². The molecular weight excluding hydrogens is 315 g/mol. The molecule has 0 amide bonds. The van der Waals surface area contributed by atoms with Crippen LogP contribution in [0.1, 0.15) is 9.49 Å². The van der Waals surface area contributed by atoms with Gasteiger partial charge in [-0.1, -0.05) is 56.7 Å². The molecule has 0 radical (unpaired) electrons. The molecule has 0 saturated carbocycles. The average Bonchev–Trinajstić information content (AvgIpc) is 2.05. The first-order chi connectivity index (χ1) is 5.24. The lowest BCUT2D eigenvalue weighted by Gasteiger charge is -2.03. The summed E-state index contributed by atoms with van der Waals surface area (Å²) in [6, 6.07) is 8.29. The van der Waals surface area contributed by atoms with Crippen molar-refractivity contribution in [2.75, 3.05) is 0 Å². The lowest BCUT2D eigenvalue weighted by Crippen LogP contribution is -1.82. The molecule has 0 bridgehead atoms. The van der Waals surface area contributed by atoms with E-state index in [0.29, 0.717) is 3.92 Å². The molecule has 1 aromatic rings. The summed E-state index contributed by atoms with van der Waals surface area (Å²) < 4.78 is 1.54. The monoisotopic (exact) mass is 322 g/mol. The largest absolute Gasteiger partial charge is 0.102 e. The minimum absolute atomic E-state index is 0.417. The Morgan fingerprint density at radius 3 is 2.36 bits per heavy atom. The third-order valence-corrected chi connectivity index (χ3v) is 3.15. The molecule has 0 nitrogen and oxygen atoms in total. The molecule has 0 N–H and O–H groups in total. The first-order valence-corrected chi connectivity index (χ1v) is 5.30. The van der Waals surface area contributed by atoms with Crippen LogP contribution in [0.2, 0.25) is 0 Å². The predicted octanol–water partition coefficient (Wildman–Crippen LogP) is 4.11. The first kappa shape index (κ1) is 9.26. The standard InChI is InChI=1S/C9H8BrI/c1-2-9(11)7-3-5-8(10)6-4-7/h2-6,9H,1H2. The number of benzene rings is 1. The van der Waals surface area contributed by atoms with Crippen LogP contribution in [0, 0.1) is 0 Å². The third-order valence-electron chi connectivity index (χ3n) is 1.40. The Labute approximate surface area is 89.0 Å². The Morgan fingerprint density at radius 2 is 1.91 bits per heavy atom. The summed E-state index contributed by atoms with van der Waals surface area (Å²) in [5, 5.41) is 0. The van der Waals surface area contributed by atoms with Gasteiger partial charge in [0.05, 0.1) is 3.92 Å². The minimum atomic E-state index is 0.417. The summed E-state index contributed by atoms with van der Waals surface area (Å²) in [7, 11) is 0. The molecule has 1 unspecified atom stereocenters. The summed E-state index contributed by atoms with van der Waals surface area (Å²) in [6.07, 6.45) is 1.93. The van der Waals surface area contributed by atoms with Gasteiger partial charge in [-0.05, 0) is 17.7 Å². The average molecular weight is 323 g/mol. The highest BCUT2D eigenvalue weighted by Crippen LogP contribution is 2.25. The van der Waals surface area contributed by atoms with E-state index in [-0.39, 0.29) is 0 Å². The molecule has 1 atom stereocenters. The molecule has 0 saturated heterocycles. The van der Waals surface area contributed by atoms with Gasteiger partial charge in [-0.15, -0.1) is 6.58 Å². The van der Waals surface area contributed by atoms with Gasteiger partial charge >= 0.3 is 0 Å². The van der Waals surface area contributed by atoms with Crippen molar-refractivity contribution in [2.24, 2.45) is 0 Å². The van der Waals surface area contributed by atoms with E-state index in [0.717, 1.165) is 4.47 Å². The molecule has 0 aliphatic heterocycles. The molecule has 58 valence electrons. The van der Waals surface area contributed by atoms with Crippen LogP contribution >= 0.6 is 38.5 Å². The summed E-state index contributed by atoms with van der Waals surface area (Å²) in [4.78, 5) is 0. The fourth-order valence-electron chi connectivity index (χ4n) is 0.783. The Bertz CT molecular complexity index is 240. The number of halogens is 2. The van der Waals surface area contributed by atoms with E-state index in [1.165, 1.54) is 5.56 Å².